The predicted octanol–water partition coefficient (Wildman–Crippen LogP) is 7.84. The molecule has 0 aliphatic carbocycles. The topological polar surface area (TPSA) is 170 Å². The molecule has 0 saturated heterocycles. The van der Waals surface area contributed by atoms with Gasteiger partial charge in [-0.25, -0.2) is 0 Å². The van der Waals surface area contributed by atoms with E-state index in [2.05, 4.69) is 21.1 Å². The first-order valence-corrected chi connectivity index (χ1v) is 12.9. The van der Waals surface area contributed by atoms with Crippen LogP contribution in [-0.2, 0) is 12.4 Å². The van der Waals surface area contributed by atoms with Crippen molar-refractivity contribution in [2.45, 2.75) is 12.4 Å². The van der Waals surface area contributed by atoms with Gasteiger partial charge in [-0.15, -0.1) is 0 Å². The number of phenolic OH excluding ortho intramolecular Hbond substituents is 6. The van der Waals surface area contributed by atoms with E-state index in [1.54, 1.807) is 0 Å². The van der Waals surface area contributed by atoms with Crippen molar-refractivity contribution in [3.05, 3.63) is 93.0 Å². The summed E-state index contributed by atoms with van der Waals surface area (Å²) in [5, 5.41) is 63.3. The largest absolute Gasteiger partial charge is 0.508 e. The summed E-state index contributed by atoms with van der Waals surface area (Å²) in [4.78, 5) is 0. The Balaban J connectivity index is 0.000000251. The summed E-state index contributed by atoms with van der Waals surface area (Å²) in [6.45, 7) is 0. The van der Waals surface area contributed by atoms with E-state index in [0.29, 0.717) is 17.8 Å². The first-order valence-electron chi connectivity index (χ1n) is 12.2. The highest BCUT2D eigenvalue weighted by Crippen LogP contribution is 2.39. The van der Waals surface area contributed by atoms with Gasteiger partial charge < -0.3 is 30.6 Å². The first kappa shape index (κ1) is 35.3. The molecular weight excluding hydrogens is 673 g/mol. The fourth-order valence-corrected chi connectivity index (χ4v) is 3.96. The maximum absolute atomic E-state index is 12.6. The van der Waals surface area contributed by atoms with E-state index in [0.717, 1.165) is 48.8 Å². The fourth-order valence-electron chi connectivity index (χ4n) is 3.39. The van der Waals surface area contributed by atoms with Crippen LogP contribution in [0.5, 0.6) is 34.5 Å². The van der Waals surface area contributed by atoms with Gasteiger partial charge in [0.25, 0.3) is 0 Å². The molecule has 4 aromatic carbocycles. The van der Waals surface area contributed by atoms with Gasteiger partial charge in [-0.2, -0.15) is 36.5 Å². The molecule has 4 aromatic rings. The number of rotatable bonds is 6. The number of halogens is 8. The number of nitrogens with zero attached hydrogens (tertiary/aromatic N) is 2. The van der Waals surface area contributed by atoms with Crippen LogP contribution in [0, 0.1) is 0 Å². The number of anilines is 2. The second kappa shape index (κ2) is 14.3. The summed E-state index contributed by atoms with van der Waals surface area (Å²) in [6.07, 6.45) is -6.96. The molecule has 46 heavy (non-hydrogen) atoms. The zero-order chi connectivity index (χ0) is 34.4. The van der Waals surface area contributed by atoms with Gasteiger partial charge in [0.1, 0.15) is 34.5 Å². The van der Waals surface area contributed by atoms with Crippen molar-refractivity contribution < 1.29 is 57.0 Å². The van der Waals surface area contributed by atoms with Gasteiger partial charge in [0.2, 0.25) is 0 Å². The highest BCUT2D eigenvalue weighted by Gasteiger charge is 2.32. The van der Waals surface area contributed by atoms with Crippen LogP contribution >= 0.6 is 23.2 Å². The highest BCUT2D eigenvalue weighted by atomic mass is 35.5. The van der Waals surface area contributed by atoms with E-state index >= 15 is 0 Å². The maximum Gasteiger partial charge on any atom is 0.416 e. The number of alkyl halides is 6. The van der Waals surface area contributed by atoms with Gasteiger partial charge in [0, 0.05) is 24.3 Å². The van der Waals surface area contributed by atoms with Gasteiger partial charge in [-0.1, -0.05) is 23.2 Å². The molecule has 0 fully saturated rings. The zero-order valence-electron chi connectivity index (χ0n) is 22.5. The third-order valence-electron chi connectivity index (χ3n) is 5.58. The number of nitrogens with one attached hydrogen (secondary N) is 2. The molecule has 0 aromatic heterocycles. The summed E-state index contributed by atoms with van der Waals surface area (Å²) in [7, 11) is 0. The molecule has 244 valence electrons. The molecule has 0 spiro atoms. The fraction of sp³-hybridized carbons (Fsp3) is 0.0714. The van der Waals surface area contributed by atoms with Crippen LogP contribution in [0.2, 0.25) is 10.0 Å². The number of hydrogen-bond acceptors (Lipinski definition) is 10. The first-order chi connectivity index (χ1) is 21.4. The Bertz CT molecular complexity index is 1700. The van der Waals surface area contributed by atoms with Crippen molar-refractivity contribution in [1.29, 1.82) is 0 Å². The molecule has 0 radical (unpaired) electrons. The van der Waals surface area contributed by atoms with Gasteiger partial charge in [-0.3, -0.25) is 10.9 Å². The second-order valence-electron chi connectivity index (χ2n) is 8.92. The number of hydrazone groups is 2. The number of aromatic hydroxyl groups is 6. The van der Waals surface area contributed by atoms with Crippen LogP contribution < -0.4 is 10.9 Å². The van der Waals surface area contributed by atoms with Gasteiger partial charge >= 0.3 is 12.4 Å². The Morgan fingerprint density at radius 3 is 1.28 bits per heavy atom. The molecule has 0 aliphatic rings. The summed E-state index contributed by atoms with van der Waals surface area (Å²) in [6, 6.07) is 9.51. The average Bonchev–Trinajstić information content (AvgIpc) is 2.92. The molecule has 10 nitrogen and oxygen atoms in total. The molecule has 0 unspecified atom stereocenters. The molecule has 0 atom stereocenters. The van der Waals surface area contributed by atoms with Gasteiger partial charge in [0.05, 0.1) is 56.1 Å². The third kappa shape index (κ3) is 9.39. The second-order valence-corrected chi connectivity index (χ2v) is 9.74. The van der Waals surface area contributed by atoms with Crippen LogP contribution in [0.4, 0.5) is 37.7 Å². The van der Waals surface area contributed by atoms with E-state index in [9.17, 15) is 51.9 Å². The SMILES string of the molecule is Oc1cc(O)c(/C=N/Nc2c(Cl)cc(C(F)(F)F)cc2Cl)c(O)c1.Oc1cc(O)c(/C=N/Nc2ccc(C(F)(F)F)cc2)c(O)c1. The van der Waals surface area contributed by atoms with Crippen molar-refractivity contribution in [3.8, 4) is 34.5 Å². The lowest BCUT2D eigenvalue weighted by molar-refractivity contribution is -0.138. The van der Waals surface area contributed by atoms with E-state index < -0.39 is 46.5 Å². The Hall–Kier alpha value is -5.22. The standard InChI is InChI=1S/C14H9Cl2F3N2O3.C14H11F3N2O3/c15-9-1-6(14(17,18)19)2-10(16)13(9)21-20-5-8-11(23)3-7(22)4-12(8)24;15-14(16,17)8-1-3-9(4-2-8)19-18-7-11-12(21)5-10(20)6-13(11)22/h1-5,21-24H;1-7,19-22H/b20-5+;18-7+. The lowest BCUT2D eigenvalue weighted by Crippen LogP contribution is -2.05. The monoisotopic (exact) mass is 692 g/mol. The molecular formula is C28H20Cl2F6N4O6. The van der Waals surface area contributed by atoms with Crippen molar-refractivity contribution >= 4 is 47.0 Å². The Labute approximate surface area is 264 Å². The third-order valence-corrected chi connectivity index (χ3v) is 6.18. The van der Waals surface area contributed by atoms with E-state index in [1.807, 2.05) is 0 Å². The normalized spacial score (nSPS) is 11.8. The molecule has 0 amide bonds. The molecule has 0 bridgehead atoms. The van der Waals surface area contributed by atoms with Gasteiger partial charge in [-0.05, 0) is 36.4 Å². The quantitative estimate of drug-likeness (QED) is 0.0574. The number of hydrogen-bond donors (Lipinski definition) is 8. The van der Waals surface area contributed by atoms with E-state index in [-0.39, 0.29) is 38.4 Å². The van der Waals surface area contributed by atoms with Crippen LogP contribution in [0.3, 0.4) is 0 Å². The van der Waals surface area contributed by atoms with Crippen LogP contribution in [-0.4, -0.2) is 43.1 Å². The summed E-state index contributed by atoms with van der Waals surface area (Å²) in [5.41, 5.74) is 3.04. The van der Waals surface area contributed by atoms with Crippen molar-refractivity contribution in [2.24, 2.45) is 10.2 Å². The lowest BCUT2D eigenvalue weighted by atomic mass is 10.2. The molecule has 0 heterocycles. The highest BCUT2D eigenvalue weighted by molar-refractivity contribution is 6.39. The van der Waals surface area contributed by atoms with Crippen molar-refractivity contribution in [3.63, 3.8) is 0 Å². The molecule has 18 heteroatoms. The Morgan fingerprint density at radius 1 is 0.543 bits per heavy atom. The number of phenols is 6. The minimum atomic E-state index is -4.60. The molecule has 8 N–H and O–H groups in total. The van der Waals surface area contributed by atoms with Crippen molar-refractivity contribution in [1.82, 2.24) is 0 Å². The Kier molecular flexibility index (Phi) is 10.9. The Morgan fingerprint density at radius 2 is 0.913 bits per heavy atom. The summed E-state index contributed by atoms with van der Waals surface area (Å²) in [5.74, 6) is -2.37. The van der Waals surface area contributed by atoms with Crippen LogP contribution in [0.1, 0.15) is 22.3 Å². The summed E-state index contributed by atoms with van der Waals surface area (Å²) >= 11 is 11.5. The van der Waals surface area contributed by atoms with Gasteiger partial charge in [0.15, 0.2) is 0 Å². The number of benzene rings is 4. The smallest absolute Gasteiger partial charge is 0.416 e. The lowest BCUT2D eigenvalue weighted by Gasteiger charge is -2.11. The van der Waals surface area contributed by atoms with E-state index in [1.165, 1.54) is 12.1 Å². The van der Waals surface area contributed by atoms with Crippen molar-refractivity contribution in [2.75, 3.05) is 10.9 Å². The average molecular weight is 693 g/mol. The zero-order valence-corrected chi connectivity index (χ0v) is 24.0. The molecule has 4 rings (SSSR count). The predicted molar refractivity (Wildman–Crippen MR) is 158 cm³/mol. The minimum absolute atomic E-state index is 0.0442. The van der Waals surface area contributed by atoms with E-state index in [4.69, 9.17) is 28.3 Å². The molecule has 0 aliphatic heterocycles. The maximum atomic E-state index is 12.6. The van der Waals surface area contributed by atoms with Crippen LogP contribution in [0.15, 0.2) is 70.9 Å². The molecule has 0 saturated carbocycles. The minimum Gasteiger partial charge on any atom is -0.508 e. The summed E-state index contributed by atoms with van der Waals surface area (Å²) < 4.78 is 75.1. The van der Waals surface area contributed by atoms with Crippen LogP contribution in [0.25, 0.3) is 0 Å².